The van der Waals surface area contributed by atoms with Crippen LogP contribution in [0.5, 0.6) is 0 Å². The van der Waals surface area contributed by atoms with Crippen molar-refractivity contribution in [1.29, 1.82) is 0 Å². The van der Waals surface area contributed by atoms with Gasteiger partial charge in [-0.3, -0.25) is 9.69 Å². The van der Waals surface area contributed by atoms with E-state index in [-0.39, 0.29) is 11.9 Å². The summed E-state index contributed by atoms with van der Waals surface area (Å²) in [5.74, 6) is 0.147. The molecule has 0 aromatic heterocycles. The molecule has 1 heterocycles. The van der Waals surface area contributed by atoms with Gasteiger partial charge in [-0.05, 0) is 47.0 Å². The van der Waals surface area contributed by atoms with E-state index < -0.39 is 11.1 Å². The van der Waals surface area contributed by atoms with Gasteiger partial charge in [0.15, 0.2) is 5.78 Å². The lowest BCUT2D eigenvalue weighted by Gasteiger charge is -2.35. The predicted molar refractivity (Wildman–Crippen MR) is 70.5 cm³/mol. The third-order valence-corrected chi connectivity index (χ3v) is 3.33. The molecule has 0 aliphatic carbocycles. The topological polar surface area (TPSA) is 46.6 Å². The molecule has 1 amide bonds. The molecule has 0 radical (unpaired) electrons. The van der Waals surface area contributed by atoms with E-state index in [1.54, 1.807) is 4.90 Å². The van der Waals surface area contributed by atoms with Gasteiger partial charge < -0.3 is 4.74 Å². The Hall–Kier alpha value is -1.06. The summed E-state index contributed by atoms with van der Waals surface area (Å²) >= 11 is 0. The van der Waals surface area contributed by atoms with Crippen molar-refractivity contribution in [1.82, 2.24) is 4.90 Å². The molecular formula is C14H25NO3. The molecule has 104 valence electrons. The number of ketones is 1. The molecule has 18 heavy (non-hydrogen) atoms. The van der Waals surface area contributed by atoms with E-state index >= 15 is 0 Å². The molecule has 1 saturated heterocycles. The Morgan fingerprint density at radius 3 is 2.44 bits per heavy atom. The maximum Gasteiger partial charge on any atom is 0.411 e. The van der Waals surface area contributed by atoms with Crippen LogP contribution < -0.4 is 0 Å². The molecule has 1 atom stereocenters. The SMILES string of the molecule is CCCC(=O)[C@]1(C)CCCN1C(=O)OC(C)(C)C. The highest BCUT2D eigenvalue weighted by Gasteiger charge is 2.46. The highest BCUT2D eigenvalue weighted by Crippen LogP contribution is 2.32. The molecule has 4 heteroatoms. The molecule has 1 rings (SSSR count). The van der Waals surface area contributed by atoms with Gasteiger partial charge in [-0.25, -0.2) is 4.79 Å². The molecule has 0 aromatic rings. The highest BCUT2D eigenvalue weighted by atomic mass is 16.6. The molecule has 0 N–H and O–H groups in total. The first-order valence-corrected chi connectivity index (χ1v) is 6.74. The molecule has 0 aromatic carbocycles. The maximum absolute atomic E-state index is 12.2. The number of ether oxygens (including phenoxy) is 1. The Morgan fingerprint density at radius 1 is 1.33 bits per heavy atom. The van der Waals surface area contributed by atoms with Gasteiger partial charge in [0.25, 0.3) is 0 Å². The lowest BCUT2D eigenvalue weighted by molar-refractivity contribution is -0.128. The van der Waals surface area contributed by atoms with Crippen LogP contribution >= 0.6 is 0 Å². The fourth-order valence-electron chi connectivity index (χ4n) is 2.36. The summed E-state index contributed by atoms with van der Waals surface area (Å²) in [6.45, 7) is 9.97. The second-order valence-electron chi connectivity index (χ2n) is 6.18. The van der Waals surface area contributed by atoms with Gasteiger partial charge in [0.05, 0.1) is 0 Å². The Kier molecular flexibility index (Phi) is 4.41. The smallest absolute Gasteiger partial charge is 0.411 e. The van der Waals surface area contributed by atoms with E-state index in [1.807, 2.05) is 34.6 Å². The fraction of sp³-hybridized carbons (Fsp3) is 0.857. The second-order valence-corrected chi connectivity index (χ2v) is 6.18. The summed E-state index contributed by atoms with van der Waals surface area (Å²) in [7, 11) is 0. The molecule has 0 unspecified atom stereocenters. The minimum absolute atomic E-state index is 0.147. The molecule has 4 nitrogen and oxygen atoms in total. The van der Waals surface area contributed by atoms with Crippen LogP contribution in [0.15, 0.2) is 0 Å². The monoisotopic (exact) mass is 255 g/mol. The first kappa shape index (κ1) is 15.0. The predicted octanol–water partition coefficient (Wildman–Crippen LogP) is 3.15. The van der Waals surface area contributed by atoms with E-state index in [9.17, 15) is 9.59 Å². The number of hydrogen-bond donors (Lipinski definition) is 0. The van der Waals surface area contributed by atoms with E-state index in [0.29, 0.717) is 13.0 Å². The van der Waals surface area contributed by atoms with Crippen molar-refractivity contribution in [2.24, 2.45) is 0 Å². The first-order chi connectivity index (χ1) is 8.20. The Bertz CT molecular complexity index is 332. The Morgan fingerprint density at radius 2 is 1.94 bits per heavy atom. The van der Waals surface area contributed by atoms with Gasteiger partial charge in [-0.1, -0.05) is 6.92 Å². The number of hydrogen-bond acceptors (Lipinski definition) is 3. The fourth-order valence-corrected chi connectivity index (χ4v) is 2.36. The number of amides is 1. The van der Waals surface area contributed by atoms with Crippen LogP contribution in [0.4, 0.5) is 4.79 Å². The van der Waals surface area contributed by atoms with Gasteiger partial charge in [0.2, 0.25) is 0 Å². The normalized spacial score (nSPS) is 24.2. The van der Waals surface area contributed by atoms with Crippen LogP contribution in [-0.4, -0.2) is 34.5 Å². The van der Waals surface area contributed by atoms with Crippen LogP contribution in [0, 0.1) is 0 Å². The largest absolute Gasteiger partial charge is 0.444 e. The zero-order valence-electron chi connectivity index (χ0n) is 12.2. The van der Waals surface area contributed by atoms with E-state index in [2.05, 4.69) is 0 Å². The van der Waals surface area contributed by atoms with Gasteiger partial charge in [-0.15, -0.1) is 0 Å². The second kappa shape index (κ2) is 5.29. The highest BCUT2D eigenvalue weighted by molar-refractivity contribution is 5.91. The minimum atomic E-state index is -0.668. The van der Waals surface area contributed by atoms with Gasteiger partial charge >= 0.3 is 6.09 Å². The van der Waals surface area contributed by atoms with E-state index in [1.165, 1.54) is 0 Å². The average Bonchev–Trinajstić information content (AvgIpc) is 2.59. The number of carbonyl (C=O) groups excluding carboxylic acids is 2. The van der Waals surface area contributed by atoms with Crippen molar-refractivity contribution < 1.29 is 14.3 Å². The van der Waals surface area contributed by atoms with Crippen LogP contribution in [0.3, 0.4) is 0 Å². The lowest BCUT2D eigenvalue weighted by Crippen LogP contribution is -2.52. The molecule has 0 saturated carbocycles. The molecule has 1 aliphatic rings. The molecule has 1 aliphatic heterocycles. The molecule has 0 bridgehead atoms. The standard InChI is InChI=1S/C14H25NO3/c1-6-8-11(16)14(5)9-7-10-15(14)12(17)18-13(2,3)4/h6-10H2,1-5H3/t14-/m0/s1. The first-order valence-electron chi connectivity index (χ1n) is 6.74. The zero-order valence-corrected chi connectivity index (χ0v) is 12.2. The lowest BCUT2D eigenvalue weighted by atomic mass is 9.91. The summed E-state index contributed by atoms with van der Waals surface area (Å²) in [6, 6.07) is 0. The summed E-state index contributed by atoms with van der Waals surface area (Å²) in [6.07, 6.45) is 2.58. The number of Topliss-reactive ketones (excluding diaryl/α,β-unsaturated/α-hetero) is 1. The third-order valence-electron chi connectivity index (χ3n) is 3.33. The van der Waals surface area contributed by atoms with Crippen molar-refractivity contribution in [3.63, 3.8) is 0 Å². The van der Waals surface area contributed by atoms with E-state index in [0.717, 1.165) is 19.3 Å². The summed E-state index contributed by atoms with van der Waals surface area (Å²) in [4.78, 5) is 25.9. The van der Waals surface area contributed by atoms with Crippen molar-refractivity contribution in [2.75, 3.05) is 6.54 Å². The summed E-state index contributed by atoms with van der Waals surface area (Å²) in [5.41, 5.74) is -1.19. The van der Waals surface area contributed by atoms with Crippen molar-refractivity contribution in [2.45, 2.75) is 71.4 Å². The Labute approximate surface area is 110 Å². The summed E-state index contributed by atoms with van der Waals surface area (Å²) in [5, 5.41) is 0. The van der Waals surface area contributed by atoms with Crippen LogP contribution in [0.25, 0.3) is 0 Å². The van der Waals surface area contributed by atoms with Crippen LogP contribution in [0.2, 0.25) is 0 Å². The molecule has 1 fully saturated rings. The number of nitrogens with zero attached hydrogens (tertiary/aromatic N) is 1. The maximum atomic E-state index is 12.2. The average molecular weight is 255 g/mol. The van der Waals surface area contributed by atoms with Gasteiger partial charge in [0, 0.05) is 13.0 Å². The van der Waals surface area contributed by atoms with Crippen molar-refractivity contribution in [3.8, 4) is 0 Å². The summed E-state index contributed by atoms with van der Waals surface area (Å²) < 4.78 is 5.38. The van der Waals surface area contributed by atoms with Gasteiger partial charge in [0.1, 0.15) is 11.1 Å². The number of carbonyl (C=O) groups is 2. The van der Waals surface area contributed by atoms with E-state index in [4.69, 9.17) is 4.74 Å². The van der Waals surface area contributed by atoms with Gasteiger partial charge in [-0.2, -0.15) is 0 Å². The quantitative estimate of drug-likeness (QED) is 0.778. The third kappa shape index (κ3) is 3.24. The molecular weight excluding hydrogens is 230 g/mol. The minimum Gasteiger partial charge on any atom is -0.444 e. The number of likely N-dealkylation sites (tertiary alicyclic amines) is 1. The van der Waals surface area contributed by atoms with Crippen molar-refractivity contribution in [3.05, 3.63) is 0 Å². The van der Waals surface area contributed by atoms with Crippen LogP contribution in [0.1, 0.15) is 60.3 Å². The van der Waals surface area contributed by atoms with Crippen LogP contribution in [-0.2, 0) is 9.53 Å². The zero-order chi connectivity index (χ0) is 14.0. The Balaban J connectivity index is 2.81. The molecule has 0 spiro atoms. The van der Waals surface area contributed by atoms with Crippen molar-refractivity contribution >= 4 is 11.9 Å². The number of rotatable bonds is 3.